The first-order valence-electron chi connectivity index (χ1n) is 5.11. The molecule has 1 atom stereocenters. The molecule has 0 aliphatic carbocycles. The summed E-state index contributed by atoms with van der Waals surface area (Å²) >= 11 is 1.59. The second-order valence-corrected chi connectivity index (χ2v) is 4.59. The zero-order valence-electron chi connectivity index (χ0n) is 9.09. The lowest BCUT2D eigenvalue weighted by molar-refractivity contribution is 0.309. The Kier molecular flexibility index (Phi) is 3.54. The summed E-state index contributed by atoms with van der Waals surface area (Å²) in [6.45, 7) is 2.52. The quantitative estimate of drug-likeness (QED) is 0.884. The first-order valence-corrected chi connectivity index (χ1v) is 5.99. The number of ether oxygens (including phenoxy) is 1. The van der Waals surface area contributed by atoms with Crippen LogP contribution >= 0.6 is 11.3 Å². The number of rotatable bonds is 4. The van der Waals surface area contributed by atoms with Crippen molar-refractivity contribution in [1.82, 2.24) is 4.98 Å². The van der Waals surface area contributed by atoms with Crippen LogP contribution in [0.4, 0.5) is 0 Å². The van der Waals surface area contributed by atoms with Gasteiger partial charge in [-0.3, -0.25) is 4.98 Å². The van der Waals surface area contributed by atoms with Crippen LogP contribution in [0.2, 0.25) is 0 Å². The fourth-order valence-electron chi connectivity index (χ4n) is 1.36. The first kappa shape index (κ1) is 11.1. The lowest BCUT2D eigenvalue weighted by Crippen LogP contribution is -2.05. The predicted octanol–water partition coefficient (Wildman–Crippen LogP) is 2.74. The van der Waals surface area contributed by atoms with Crippen LogP contribution in [0.5, 0.6) is 5.75 Å². The number of nitrogens with two attached hydrogens (primary N) is 1. The predicted molar refractivity (Wildman–Crippen MR) is 65.5 cm³/mol. The van der Waals surface area contributed by atoms with Gasteiger partial charge in [0.15, 0.2) is 0 Å². The zero-order valence-corrected chi connectivity index (χ0v) is 9.91. The first-order chi connectivity index (χ1) is 7.75. The summed E-state index contributed by atoms with van der Waals surface area (Å²) in [4.78, 5) is 5.12. The molecule has 2 N–H and O–H groups in total. The molecule has 3 nitrogen and oxygen atoms in total. The normalized spacial score (nSPS) is 12.4. The van der Waals surface area contributed by atoms with Gasteiger partial charge in [0.1, 0.15) is 12.4 Å². The lowest BCUT2D eigenvalue weighted by atomic mass is 10.1. The summed E-state index contributed by atoms with van der Waals surface area (Å²) < 4.78 is 5.66. The molecule has 1 aromatic carbocycles. The van der Waals surface area contributed by atoms with Gasteiger partial charge in [-0.1, -0.05) is 12.1 Å². The van der Waals surface area contributed by atoms with Crippen LogP contribution in [0.25, 0.3) is 0 Å². The number of benzene rings is 1. The smallest absolute Gasteiger partial charge is 0.124 e. The molecule has 0 saturated heterocycles. The number of aromatic nitrogens is 1. The van der Waals surface area contributed by atoms with E-state index in [0.717, 1.165) is 16.2 Å². The summed E-state index contributed by atoms with van der Waals surface area (Å²) in [7, 11) is 0. The van der Waals surface area contributed by atoms with Gasteiger partial charge >= 0.3 is 0 Å². The minimum atomic E-state index is 0.0342. The molecule has 2 aromatic rings. The third kappa shape index (κ3) is 2.81. The van der Waals surface area contributed by atoms with E-state index < -0.39 is 0 Å². The molecule has 0 unspecified atom stereocenters. The molecule has 1 heterocycles. The average Bonchev–Trinajstić information content (AvgIpc) is 2.79. The Hall–Kier alpha value is -1.39. The minimum Gasteiger partial charge on any atom is -0.488 e. The van der Waals surface area contributed by atoms with E-state index in [9.17, 15) is 0 Å². The van der Waals surface area contributed by atoms with Crippen molar-refractivity contribution in [3.05, 3.63) is 46.4 Å². The molecule has 0 bridgehead atoms. The van der Waals surface area contributed by atoms with Gasteiger partial charge in [-0.15, -0.1) is 11.3 Å². The Balaban J connectivity index is 2.01. The molecule has 0 spiro atoms. The van der Waals surface area contributed by atoms with Crippen LogP contribution in [-0.4, -0.2) is 4.98 Å². The SMILES string of the molecule is C[C@@H](N)c1cccc(OCc2cncs2)c1. The third-order valence-corrected chi connectivity index (χ3v) is 3.00. The zero-order chi connectivity index (χ0) is 11.4. The highest BCUT2D eigenvalue weighted by Gasteiger charge is 2.02. The van der Waals surface area contributed by atoms with E-state index in [1.54, 1.807) is 16.8 Å². The second-order valence-electron chi connectivity index (χ2n) is 3.62. The van der Waals surface area contributed by atoms with Crippen LogP contribution in [0.1, 0.15) is 23.4 Å². The highest BCUT2D eigenvalue weighted by molar-refractivity contribution is 7.09. The van der Waals surface area contributed by atoms with E-state index >= 15 is 0 Å². The molecular weight excluding hydrogens is 220 g/mol. The number of nitrogens with zero attached hydrogens (tertiary/aromatic N) is 1. The molecule has 1 aromatic heterocycles. The Bertz CT molecular complexity index is 440. The number of thiazole rings is 1. The monoisotopic (exact) mass is 234 g/mol. The molecule has 16 heavy (non-hydrogen) atoms. The molecule has 0 radical (unpaired) electrons. The van der Waals surface area contributed by atoms with Gasteiger partial charge in [-0.25, -0.2) is 0 Å². The highest BCUT2D eigenvalue weighted by Crippen LogP contribution is 2.19. The van der Waals surface area contributed by atoms with Crippen LogP contribution in [0.3, 0.4) is 0 Å². The van der Waals surface area contributed by atoms with Crippen molar-refractivity contribution < 1.29 is 4.74 Å². The van der Waals surface area contributed by atoms with Gasteiger partial charge in [-0.05, 0) is 24.6 Å². The highest BCUT2D eigenvalue weighted by atomic mass is 32.1. The Morgan fingerprint density at radius 2 is 2.38 bits per heavy atom. The summed E-state index contributed by atoms with van der Waals surface area (Å²) in [5, 5.41) is 0. The van der Waals surface area contributed by atoms with Gasteiger partial charge in [-0.2, -0.15) is 0 Å². The fourth-order valence-corrected chi connectivity index (χ4v) is 1.86. The maximum Gasteiger partial charge on any atom is 0.124 e. The molecule has 2 rings (SSSR count). The van der Waals surface area contributed by atoms with E-state index in [2.05, 4.69) is 4.98 Å². The third-order valence-electron chi connectivity index (χ3n) is 2.25. The maximum absolute atomic E-state index is 5.81. The Morgan fingerprint density at radius 1 is 1.50 bits per heavy atom. The minimum absolute atomic E-state index is 0.0342. The van der Waals surface area contributed by atoms with Crippen LogP contribution in [0.15, 0.2) is 36.0 Å². The van der Waals surface area contributed by atoms with Crippen molar-refractivity contribution in [3.8, 4) is 5.75 Å². The molecule has 0 aliphatic heterocycles. The van der Waals surface area contributed by atoms with E-state index in [1.165, 1.54) is 0 Å². The van der Waals surface area contributed by atoms with E-state index in [4.69, 9.17) is 10.5 Å². The van der Waals surface area contributed by atoms with Gasteiger partial charge in [0.25, 0.3) is 0 Å². The van der Waals surface area contributed by atoms with Crippen molar-refractivity contribution in [2.75, 3.05) is 0 Å². The number of hydrogen-bond donors (Lipinski definition) is 1. The Morgan fingerprint density at radius 3 is 3.06 bits per heavy atom. The van der Waals surface area contributed by atoms with Crippen molar-refractivity contribution >= 4 is 11.3 Å². The van der Waals surface area contributed by atoms with Crippen LogP contribution in [-0.2, 0) is 6.61 Å². The van der Waals surface area contributed by atoms with Gasteiger partial charge in [0.2, 0.25) is 0 Å². The largest absolute Gasteiger partial charge is 0.488 e. The second kappa shape index (κ2) is 5.09. The van der Waals surface area contributed by atoms with Crippen LogP contribution in [0, 0.1) is 0 Å². The standard InChI is InChI=1S/C12H14N2OS/c1-9(13)10-3-2-4-11(5-10)15-7-12-6-14-8-16-12/h2-6,8-9H,7,13H2,1H3/t9-/m1/s1. The van der Waals surface area contributed by atoms with Crippen molar-refractivity contribution in [2.45, 2.75) is 19.6 Å². The topological polar surface area (TPSA) is 48.1 Å². The molecule has 0 amide bonds. The maximum atomic E-state index is 5.81. The van der Waals surface area contributed by atoms with Gasteiger partial charge < -0.3 is 10.5 Å². The summed E-state index contributed by atoms with van der Waals surface area (Å²) in [5.74, 6) is 0.850. The molecule has 4 heteroatoms. The van der Waals surface area contributed by atoms with E-state index in [-0.39, 0.29) is 6.04 Å². The summed E-state index contributed by atoms with van der Waals surface area (Å²) in [6, 6.07) is 7.91. The lowest BCUT2D eigenvalue weighted by Gasteiger charge is -2.09. The van der Waals surface area contributed by atoms with Gasteiger partial charge in [0.05, 0.1) is 10.4 Å². The van der Waals surface area contributed by atoms with E-state index in [0.29, 0.717) is 6.61 Å². The fraction of sp³-hybridized carbons (Fsp3) is 0.250. The molecule has 0 aliphatic rings. The van der Waals surface area contributed by atoms with Gasteiger partial charge in [0, 0.05) is 12.2 Å². The summed E-state index contributed by atoms with van der Waals surface area (Å²) in [6.07, 6.45) is 1.82. The Labute approximate surface area is 98.9 Å². The van der Waals surface area contributed by atoms with Crippen molar-refractivity contribution in [1.29, 1.82) is 0 Å². The molecule has 0 saturated carbocycles. The molecular formula is C12H14N2OS. The van der Waals surface area contributed by atoms with E-state index in [1.807, 2.05) is 37.4 Å². The molecule has 84 valence electrons. The summed E-state index contributed by atoms with van der Waals surface area (Å²) in [5.41, 5.74) is 8.70. The van der Waals surface area contributed by atoms with Crippen LogP contribution < -0.4 is 10.5 Å². The molecule has 0 fully saturated rings. The number of hydrogen-bond acceptors (Lipinski definition) is 4. The average molecular weight is 234 g/mol. The van der Waals surface area contributed by atoms with Crippen molar-refractivity contribution in [2.24, 2.45) is 5.73 Å². The van der Waals surface area contributed by atoms with Crippen molar-refractivity contribution in [3.63, 3.8) is 0 Å².